The molecule has 31 heavy (non-hydrogen) atoms. The number of rotatable bonds is 5. The molecule has 2 fully saturated rings. The summed E-state index contributed by atoms with van der Waals surface area (Å²) in [4.78, 5) is 18.0. The average Bonchev–Trinajstić information content (AvgIpc) is 3.13. The number of hydrogen-bond donors (Lipinski definition) is 2. The summed E-state index contributed by atoms with van der Waals surface area (Å²) in [7, 11) is 0. The molecule has 0 saturated carbocycles. The van der Waals surface area contributed by atoms with Gasteiger partial charge in [0, 0.05) is 31.9 Å². The maximum atomic E-state index is 15.0. The van der Waals surface area contributed by atoms with Crippen LogP contribution < -0.4 is 25.8 Å². The SMILES string of the molecule is Cc1ccccc1N1CCN(c2ccc(N3C[C@H](CNC(N)=S)OC3=O)cc2F)CC1. The molecule has 2 aromatic carbocycles. The van der Waals surface area contributed by atoms with Crippen molar-refractivity contribution < 1.29 is 13.9 Å². The van der Waals surface area contributed by atoms with Crippen LogP contribution in [0.1, 0.15) is 5.56 Å². The second kappa shape index (κ2) is 8.97. The highest BCUT2D eigenvalue weighted by atomic mass is 32.1. The second-order valence-corrected chi connectivity index (χ2v) is 8.20. The molecule has 0 spiro atoms. The number of para-hydroxylation sites is 1. The molecule has 3 N–H and O–H groups in total. The fraction of sp³-hybridized carbons (Fsp3) is 0.364. The van der Waals surface area contributed by atoms with Gasteiger partial charge in [-0.2, -0.15) is 0 Å². The molecule has 0 aromatic heterocycles. The predicted molar refractivity (Wildman–Crippen MR) is 124 cm³/mol. The number of amides is 1. The molecule has 4 rings (SSSR count). The minimum Gasteiger partial charge on any atom is -0.442 e. The van der Waals surface area contributed by atoms with Gasteiger partial charge in [-0.15, -0.1) is 0 Å². The molecule has 2 aliphatic rings. The van der Waals surface area contributed by atoms with Crippen LogP contribution in [0.25, 0.3) is 0 Å². The number of nitrogens with two attached hydrogens (primary N) is 1. The van der Waals surface area contributed by atoms with Crippen molar-refractivity contribution in [2.75, 3.05) is 54.0 Å². The van der Waals surface area contributed by atoms with Gasteiger partial charge in [0.2, 0.25) is 0 Å². The summed E-state index contributed by atoms with van der Waals surface area (Å²) in [6, 6.07) is 13.2. The van der Waals surface area contributed by atoms with Crippen LogP contribution in [0, 0.1) is 12.7 Å². The molecule has 9 heteroatoms. The Labute approximate surface area is 186 Å². The smallest absolute Gasteiger partial charge is 0.414 e. The molecular formula is C22H26FN5O2S. The van der Waals surface area contributed by atoms with E-state index < -0.39 is 12.2 Å². The lowest BCUT2D eigenvalue weighted by atomic mass is 10.1. The minimum absolute atomic E-state index is 0.146. The molecule has 0 unspecified atom stereocenters. The van der Waals surface area contributed by atoms with Gasteiger partial charge in [-0.05, 0) is 49.0 Å². The van der Waals surface area contributed by atoms with Crippen LogP contribution in [-0.4, -0.2) is 56.6 Å². The van der Waals surface area contributed by atoms with E-state index in [0.717, 1.165) is 26.2 Å². The molecule has 2 heterocycles. The molecule has 7 nitrogen and oxygen atoms in total. The van der Waals surface area contributed by atoms with Gasteiger partial charge in [0.25, 0.3) is 0 Å². The molecule has 1 atom stereocenters. The quantitative estimate of drug-likeness (QED) is 0.688. The highest BCUT2D eigenvalue weighted by molar-refractivity contribution is 7.80. The highest BCUT2D eigenvalue weighted by Crippen LogP contribution is 2.29. The molecule has 164 valence electrons. The number of hydrogen-bond acceptors (Lipinski definition) is 5. The van der Waals surface area contributed by atoms with Crippen molar-refractivity contribution in [3.05, 3.63) is 53.8 Å². The number of nitrogens with zero attached hydrogens (tertiary/aromatic N) is 3. The zero-order valence-electron chi connectivity index (χ0n) is 17.4. The number of piperazine rings is 1. The molecular weight excluding hydrogens is 417 g/mol. The van der Waals surface area contributed by atoms with E-state index in [1.54, 1.807) is 12.1 Å². The van der Waals surface area contributed by atoms with Crippen molar-refractivity contribution in [3.63, 3.8) is 0 Å². The van der Waals surface area contributed by atoms with Gasteiger partial charge in [0.1, 0.15) is 11.9 Å². The van der Waals surface area contributed by atoms with Crippen LogP contribution in [0.2, 0.25) is 0 Å². The van der Waals surface area contributed by atoms with Crippen LogP contribution in [0.4, 0.5) is 26.2 Å². The van der Waals surface area contributed by atoms with E-state index in [4.69, 9.17) is 22.7 Å². The third-order valence-corrected chi connectivity index (χ3v) is 5.84. The zero-order chi connectivity index (χ0) is 22.0. The Bertz CT molecular complexity index is 980. The van der Waals surface area contributed by atoms with Gasteiger partial charge in [0.05, 0.1) is 24.5 Å². The fourth-order valence-electron chi connectivity index (χ4n) is 4.08. The molecule has 0 aliphatic carbocycles. The molecule has 2 aromatic rings. The van der Waals surface area contributed by atoms with E-state index in [-0.39, 0.29) is 10.9 Å². The summed E-state index contributed by atoms with van der Waals surface area (Å²) >= 11 is 4.77. The van der Waals surface area contributed by atoms with E-state index >= 15 is 0 Å². The lowest BCUT2D eigenvalue weighted by Gasteiger charge is -2.38. The van der Waals surface area contributed by atoms with E-state index in [9.17, 15) is 9.18 Å². The monoisotopic (exact) mass is 443 g/mol. The zero-order valence-corrected chi connectivity index (χ0v) is 18.2. The van der Waals surface area contributed by atoms with Gasteiger partial charge in [-0.1, -0.05) is 18.2 Å². The first-order valence-electron chi connectivity index (χ1n) is 10.3. The number of nitrogens with one attached hydrogen (secondary N) is 1. The predicted octanol–water partition coefficient (Wildman–Crippen LogP) is 2.62. The number of carbonyl (C=O) groups is 1. The van der Waals surface area contributed by atoms with Gasteiger partial charge < -0.3 is 25.6 Å². The normalized spacial score (nSPS) is 18.8. The lowest BCUT2D eigenvalue weighted by Crippen LogP contribution is -2.47. The van der Waals surface area contributed by atoms with Crippen molar-refractivity contribution in [1.29, 1.82) is 0 Å². The van der Waals surface area contributed by atoms with E-state index in [0.29, 0.717) is 24.5 Å². The van der Waals surface area contributed by atoms with Crippen LogP contribution in [0.5, 0.6) is 0 Å². The van der Waals surface area contributed by atoms with Crippen molar-refractivity contribution in [2.45, 2.75) is 13.0 Å². The standard InChI is InChI=1S/C22H26FN5O2S/c1-15-4-2-3-5-19(15)26-8-10-27(11-9-26)20-7-6-16(12-18(20)23)28-14-17(30-22(28)29)13-25-21(24)31/h2-7,12,17H,8-11,13-14H2,1H3,(H3,24,25,31)/t17-/m0/s1. The Kier molecular flexibility index (Phi) is 6.13. The number of cyclic esters (lactones) is 1. The first kappa shape index (κ1) is 21.2. The molecule has 2 saturated heterocycles. The first-order valence-corrected chi connectivity index (χ1v) is 10.7. The van der Waals surface area contributed by atoms with Crippen LogP contribution in [-0.2, 0) is 4.74 Å². The number of benzene rings is 2. The maximum Gasteiger partial charge on any atom is 0.414 e. The number of halogens is 1. The second-order valence-electron chi connectivity index (χ2n) is 7.76. The number of anilines is 3. The Hall–Kier alpha value is -3.07. The van der Waals surface area contributed by atoms with Gasteiger partial charge in [0.15, 0.2) is 5.11 Å². The van der Waals surface area contributed by atoms with Crippen molar-refractivity contribution in [1.82, 2.24) is 5.32 Å². The fourth-order valence-corrected chi connectivity index (χ4v) is 4.16. The van der Waals surface area contributed by atoms with E-state index in [1.807, 2.05) is 17.0 Å². The van der Waals surface area contributed by atoms with Gasteiger partial charge >= 0.3 is 6.09 Å². The van der Waals surface area contributed by atoms with Gasteiger partial charge in [-0.3, -0.25) is 4.90 Å². The molecule has 0 radical (unpaired) electrons. The Morgan fingerprint density at radius 1 is 1.16 bits per heavy atom. The summed E-state index contributed by atoms with van der Waals surface area (Å²) in [5.74, 6) is -0.348. The number of carbonyl (C=O) groups excluding carboxylic acids is 1. The van der Waals surface area contributed by atoms with Crippen molar-refractivity contribution in [2.24, 2.45) is 5.73 Å². The summed E-state index contributed by atoms with van der Waals surface area (Å²) in [6.07, 6.45) is -0.903. The molecule has 0 bridgehead atoms. The number of ether oxygens (including phenoxy) is 1. The van der Waals surface area contributed by atoms with Crippen molar-refractivity contribution in [3.8, 4) is 0 Å². The third kappa shape index (κ3) is 4.66. The van der Waals surface area contributed by atoms with Gasteiger partial charge in [-0.25, -0.2) is 9.18 Å². The molecule has 1 amide bonds. The third-order valence-electron chi connectivity index (χ3n) is 5.70. The van der Waals surface area contributed by atoms with E-state index in [1.165, 1.54) is 22.2 Å². The van der Waals surface area contributed by atoms with Crippen LogP contribution in [0.3, 0.4) is 0 Å². The van der Waals surface area contributed by atoms with Crippen molar-refractivity contribution >= 4 is 40.5 Å². The Morgan fingerprint density at radius 3 is 2.48 bits per heavy atom. The van der Waals surface area contributed by atoms with E-state index in [2.05, 4.69) is 29.3 Å². The summed E-state index contributed by atoms with van der Waals surface area (Å²) in [5, 5.41) is 2.93. The maximum absolute atomic E-state index is 15.0. The Morgan fingerprint density at radius 2 is 1.84 bits per heavy atom. The minimum atomic E-state index is -0.506. The first-order chi connectivity index (χ1) is 14.9. The number of aryl methyl sites for hydroxylation is 1. The summed E-state index contributed by atoms with van der Waals surface area (Å²) in [5.41, 5.74) is 8.91. The number of thiocarbonyl (C=S) groups is 1. The molecule has 2 aliphatic heterocycles. The summed E-state index contributed by atoms with van der Waals surface area (Å²) in [6.45, 7) is 5.83. The highest BCUT2D eigenvalue weighted by Gasteiger charge is 2.33. The summed E-state index contributed by atoms with van der Waals surface area (Å²) < 4.78 is 20.3. The van der Waals surface area contributed by atoms with Crippen LogP contribution >= 0.6 is 12.2 Å². The average molecular weight is 444 g/mol. The lowest BCUT2D eigenvalue weighted by molar-refractivity contribution is 0.143. The Balaban J connectivity index is 1.40. The van der Waals surface area contributed by atoms with Crippen LogP contribution in [0.15, 0.2) is 42.5 Å². The largest absolute Gasteiger partial charge is 0.442 e. The topological polar surface area (TPSA) is 74.1 Å².